The van der Waals surface area contributed by atoms with Gasteiger partial charge >= 0.3 is 6.03 Å². The van der Waals surface area contributed by atoms with Crippen molar-refractivity contribution in [2.75, 3.05) is 6.54 Å². The molecule has 1 rings (SSSR count). The summed E-state index contributed by atoms with van der Waals surface area (Å²) in [6.45, 7) is 4.06. The Balaban J connectivity index is 2.46. The Kier molecular flexibility index (Phi) is 6.10. The molecule has 0 unspecified atom stereocenters. The van der Waals surface area contributed by atoms with Crippen molar-refractivity contribution < 1.29 is 14.8 Å². The molecule has 0 radical (unpaired) electrons. The second-order valence-corrected chi connectivity index (χ2v) is 4.89. The van der Waals surface area contributed by atoms with Crippen molar-refractivity contribution in [1.29, 1.82) is 0 Å². The highest BCUT2D eigenvalue weighted by atomic mass is 16.6. The molecule has 1 aromatic rings. The van der Waals surface area contributed by atoms with Crippen LogP contribution in [0.25, 0.3) is 0 Å². The molecular formula is C14H21N3O4. The Labute approximate surface area is 123 Å². The minimum absolute atomic E-state index is 0.0129. The van der Waals surface area contributed by atoms with Crippen molar-refractivity contribution in [3.63, 3.8) is 0 Å². The summed E-state index contributed by atoms with van der Waals surface area (Å²) in [7, 11) is 0. The van der Waals surface area contributed by atoms with E-state index in [1.54, 1.807) is 12.1 Å². The normalized spacial score (nSPS) is 11.0. The predicted octanol–water partition coefficient (Wildman–Crippen LogP) is 1.95. The van der Waals surface area contributed by atoms with Crippen LogP contribution in [0.1, 0.15) is 32.3 Å². The van der Waals surface area contributed by atoms with Crippen LogP contribution in [-0.4, -0.2) is 28.2 Å². The van der Waals surface area contributed by atoms with Gasteiger partial charge in [-0.1, -0.05) is 26.0 Å². The fourth-order valence-electron chi connectivity index (χ4n) is 1.77. The standard InChI is InChI=1S/C14H21N3O4/c1-3-14(19,4-2)10-16-13(18)15-9-11-6-5-7-12(8-11)17(20)21/h5-8,19H,3-4,9-10H2,1-2H3,(H2,15,16,18). The van der Waals surface area contributed by atoms with Gasteiger partial charge in [-0.3, -0.25) is 10.1 Å². The van der Waals surface area contributed by atoms with Crippen molar-refractivity contribution >= 4 is 11.7 Å². The number of hydrogen-bond acceptors (Lipinski definition) is 4. The van der Waals surface area contributed by atoms with Crippen molar-refractivity contribution in [2.45, 2.75) is 38.8 Å². The summed E-state index contributed by atoms with van der Waals surface area (Å²) in [4.78, 5) is 21.8. The lowest BCUT2D eigenvalue weighted by Crippen LogP contribution is -2.45. The molecule has 1 aromatic carbocycles. The number of rotatable bonds is 7. The summed E-state index contributed by atoms with van der Waals surface area (Å²) in [6.07, 6.45) is 1.10. The van der Waals surface area contributed by atoms with Crippen LogP contribution < -0.4 is 10.6 Å². The van der Waals surface area contributed by atoms with Gasteiger partial charge in [0.25, 0.3) is 5.69 Å². The third-order valence-electron chi connectivity index (χ3n) is 3.47. The van der Waals surface area contributed by atoms with E-state index >= 15 is 0 Å². The van der Waals surface area contributed by atoms with E-state index in [9.17, 15) is 20.0 Å². The molecule has 0 heterocycles. The number of nitrogens with zero attached hydrogens (tertiary/aromatic N) is 1. The lowest BCUT2D eigenvalue weighted by Gasteiger charge is -2.25. The van der Waals surface area contributed by atoms with Crippen LogP contribution in [0.5, 0.6) is 0 Å². The quantitative estimate of drug-likeness (QED) is 0.528. The average Bonchev–Trinajstić information content (AvgIpc) is 2.50. The second-order valence-electron chi connectivity index (χ2n) is 4.89. The topological polar surface area (TPSA) is 104 Å². The zero-order chi connectivity index (χ0) is 15.9. The average molecular weight is 295 g/mol. The summed E-state index contributed by atoms with van der Waals surface area (Å²) in [5, 5.41) is 25.9. The first-order chi connectivity index (χ1) is 9.90. The molecule has 21 heavy (non-hydrogen) atoms. The molecule has 0 aliphatic carbocycles. The van der Waals surface area contributed by atoms with Gasteiger partial charge in [0.1, 0.15) is 0 Å². The van der Waals surface area contributed by atoms with Crippen molar-refractivity contribution in [3.8, 4) is 0 Å². The highest BCUT2D eigenvalue weighted by molar-refractivity contribution is 5.73. The van der Waals surface area contributed by atoms with Gasteiger partial charge in [0.2, 0.25) is 0 Å². The van der Waals surface area contributed by atoms with Crippen LogP contribution in [0, 0.1) is 10.1 Å². The van der Waals surface area contributed by atoms with Gasteiger partial charge in [0, 0.05) is 25.2 Å². The molecule has 0 aromatic heterocycles. The fourth-order valence-corrected chi connectivity index (χ4v) is 1.77. The zero-order valence-electron chi connectivity index (χ0n) is 12.3. The summed E-state index contributed by atoms with van der Waals surface area (Å²) >= 11 is 0. The highest BCUT2D eigenvalue weighted by Crippen LogP contribution is 2.13. The molecule has 0 fully saturated rings. The Hall–Kier alpha value is -2.15. The zero-order valence-corrected chi connectivity index (χ0v) is 12.3. The van der Waals surface area contributed by atoms with Gasteiger partial charge in [-0.15, -0.1) is 0 Å². The summed E-state index contributed by atoms with van der Waals surface area (Å²) < 4.78 is 0. The maximum atomic E-state index is 11.6. The number of hydrogen-bond donors (Lipinski definition) is 3. The molecule has 3 N–H and O–H groups in total. The number of nitro groups is 1. The first-order valence-electron chi connectivity index (χ1n) is 6.87. The Morgan fingerprint density at radius 1 is 1.33 bits per heavy atom. The number of urea groups is 1. The first-order valence-corrected chi connectivity index (χ1v) is 6.87. The van der Waals surface area contributed by atoms with E-state index in [0.29, 0.717) is 18.4 Å². The van der Waals surface area contributed by atoms with E-state index in [4.69, 9.17) is 0 Å². The van der Waals surface area contributed by atoms with Crippen molar-refractivity contribution in [2.24, 2.45) is 0 Å². The minimum atomic E-state index is -0.900. The van der Waals surface area contributed by atoms with Crippen LogP contribution in [0.15, 0.2) is 24.3 Å². The number of carbonyl (C=O) groups excluding carboxylic acids is 1. The second kappa shape index (κ2) is 7.58. The van der Waals surface area contributed by atoms with Crippen LogP contribution >= 0.6 is 0 Å². The van der Waals surface area contributed by atoms with E-state index in [0.717, 1.165) is 0 Å². The number of amides is 2. The number of non-ortho nitro benzene ring substituents is 1. The summed E-state index contributed by atoms with van der Waals surface area (Å²) in [6, 6.07) is 5.66. The van der Waals surface area contributed by atoms with Gasteiger partial charge in [0.15, 0.2) is 0 Å². The van der Waals surface area contributed by atoms with Gasteiger partial charge < -0.3 is 15.7 Å². The van der Waals surface area contributed by atoms with Crippen LogP contribution in [-0.2, 0) is 6.54 Å². The van der Waals surface area contributed by atoms with Crippen molar-refractivity contribution in [1.82, 2.24) is 10.6 Å². The molecule has 7 nitrogen and oxygen atoms in total. The van der Waals surface area contributed by atoms with Crippen LogP contribution in [0.2, 0.25) is 0 Å². The largest absolute Gasteiger partial charge is 0.388 e. The third-order valence-corrected chi connectivity index (χ3v) is 3.47. The Bertz CT molecular complexity index is 501. The SMILES string of the molecule is CCC(O)(CC)CNC(=O)NCc1cccc([N+](=O)[O-])c1. The van der Waals surface area contributed by atoms with Crippen LogP contribution in [0.4, 0.5) is 10.5 Å². The number of carbonyl (C=O) groups is 1. The van der Waals surface area contributed by atoms with E-state index in [2.05, 4.69) is 10.6 Å². The van der Waals surface area contributed by atoms with Gasteiger partial charge in [0.05, 0.1) is 10.5 Å². The van der Waals surface area contributed by atoms with Crippen molar-refractivity contribution in [3.05, 3.63) is 39.9 Å². The molecule has 0 aliphatic heterocycles. The maximum absolute atomic E-state index is 11.6. The Morgan fingerprint density at radius 2 is 2.00 bits per heavy atom. The van der Waals surface area contributed by atoms with Gasteiger partial charge in [-0.25, -0.2) is 4.79 Å². The molecule has 0 aliphatic rings. The number of nitrogens with one attached hydrogen (secondary N) is 2. The molecule has 0 saturated heterocycles. The van der Waals surface area contributed by atoms with E-state index in [-0.39, 0.29) is 18.8 Å². The van der Waals surface area contributed by atoms with Crippen LogP contribution in [0.3, 0.4) is 0 Å². The van der Waals surface area contributed by atoms with E-state index < -0.39 is 16.6 Å². The number of nitro benzene ring substituents is 1. The smallest absolute Gasteiger partial charge is 0.315 e. The molecule has 0 bridgehead atoms. The van der Waals surface area contributed by atoms with Gasteiger partial charge in [-0.2, -0.15) is 0 Å². The maximum Gasteiger partial charge on any atom is 0.315 e. The lowest BCUT2D eigenvalue weighted by molar-refractivity contribution is -0.384. The summed E-state index contributed by atoms with van der Waals surface area (Å²) in [5.74, 6) is 0. The molecule has 7 heteroatoms. The summed E-state index contributed by atoms with van der Waals surface area (Å²) in [5.41, 5.74) is -0.273. The molecule has 0 spiro atoms. The number of benzene rings is 1. The van der Waals surface area contributed by atoms with E-state index in [1.165, 1.54) is 12.1 Å². The first kappa shape index (κ1) is 16.9. The monoisotopic (exact) mass is 295 g/mol. The molecular weight excluding hydrogens is 274 g/mol. The van der Waals surface area contributed by atoms with E-state index in [1.807, 2.05) is 13.8 Å². The lowest BCUT2D eigenvalue weighted by atomic mass is 9.98. The minimum Gasteiger partial charge on any atom is -0.388 e. The Morgan fingerprint density at radius 3 is 2.57 bits per heavy atom. The van der Waals surface area contributed by atoms with Gasteiger partial charge in [-0.05, 0) is 18.4 Å². The third kappa shape index (κ3) is 5.39. The highest BCUT2D eigenvalue weighted by Gasteiger charge is 2.22. The molecule has 116 valence electrons. The molecule has 0 atom stereocenters. The fraction of sp³-hybridized carbons (Fsp3) is 0.500. The molecule has 0 saturated carbocycles. The predicted molar refractivity (Wildman–Crippen MR) is 78.9 cm³/mol. The number of aliphatic hydroxyl groups is 1. The molecule has 2 amide bonds.